The Balaban J connectivity index is 2.46. The molecular formula is C15H22N2O3. The number of benzene rings is 1. The molecule has 0 bridgehead atoms. The van der Waals surface area contributed by atoms with E-state index in [1.54, 1.807) is 12.1 Å². The Hall–Kier alpha value is -2.04. The van der Waals surface area contributed by atoms with E-state index in [9.17, 15) is 9.59 Å². The van der Waals surface area contributed by atoms with Gasteiger partial charge in [0.2, 0.25) is 0 Å². The lowest BCUT2D eigenvalue weighted by Crippen LogP contribution is -2.48. The third-order valence-electron chi connectivity index (χ3n) is 2.98. The fourth-order valence-corrected chi connectivity index (χ4v) is 1.99. The highest BCUT2D eigenvalue weighted by atomic mass is 16.4. The largest absolute Gasteiger partial charge is 0.478 e. The van der Waals surface area contributed by atoms with Gasteiger partial charge in [0.05, 0.1) is 5.56 Å². The van der Waals surface area contributed by atoms with E-state index >= 15 is 0 Å². The number of carboxylic acids is 1. The van der Waals surface area contributed by atoms with Crippen LogP contribution in [0.3, 0.4) is 0 Å². The summed E-state index contributed by atoms with van der Waals surface area (Å²) in [4.78, 5) is 22.5. The molecule has 0 unspecified atom stereocenters. The fourth-order valence-electron chi connectivity index (χ4n) is 1.99. The Morgan fingerprint density at radius 2 is 1.80 bits per heavy atom. The lowest BCUT2D eigenvalue weighted by Gasteiger charge is -2.25. The normalized spacial score (nSPS) is 10.9. The molecule has 1 aromatic rings. The molecular weight excluding hydrogens is 256 g/mol. The van der Waals surface area contributed by atoms with Crippen LogP contribution in [0.15, 0.2) is 24.3 Å². The maximum Gasteiger partial charge on any atom is 0.335 e. The van der Waals surface area contributed by atoms with Gasteiger partial charge in [0, 0.05) is 12.1 Å². The van der Waals surface area contributed by atoms with Crippen LogP contribution >= 0.6 is 0 Å². The van der Waals surface area contributed by atoms with E-state index in [1.165, 1.54) is 12.1 Å². The molecule has 2 amide bonds. The molecule has 0 saturated heterocycles. The second-order valence-corrected chi connectivity index (χ2v) is 5.44. The molecule has 0 spiro atoms. The summed E-state index contributed by atoms with van der Waals surface area (Å²) >= 11 is 0. The molecule has 5 heteroatoms. The minimum atomic E-state index is -0.955. The number of carbonyl (C=O) groups is 2. The molecule has 0 aliphatic rings. The zero-order chi connectivity index (χ0) is 15.2. The van der Waals surface area contributed by atoms with Gasteiger partial charge in [0.1, 0.15) is 0 Å². The fraction of sp³-hybridized carbons (Fsp3) is 0.467. The van der Waals surface area contributed by atoms with Crippen molar-refractivity contribution < 1.29 is 14.7 Å². The number of rotatable bonds is 6. The Morgan fingerprint density at radius 1 is 1.20 bits per heavy atom. The first-order chi connectivity index (χ1) is 9.34. The van der Waals surface area contributed by atoms with E-state index in [0.29, 0.717) is 6.54 Å². The number of amides is 2. The van der Waals surface area contributed by atoms with Crippen molar-refractivity contribution in [2.45, 2.75) is 45.7 Å². The van der Waals surface area contributed by atoms with Crippen molar-refractivity contribution in [1.29, 1.82) is 0 Å². The summed E-state index contributed by atoms with van der Waals surface area (Å²) < 4.78 is 0. The van der Waals surface area contributed by atoms with E-state index in [-0.39, 0.29) is 17.1 Å². The molecule has 1 rings (SSSR count). The van der Waals surface area contributed by atoms with Crippen LogP contribution in [0.4, 0.5) is 4.79 Å². The SMILES string of the molecule is CCCC(C)(C)NC(=O)NCc1ccc(C(=O)O)cc1. The van der Waals surface area contributed by atoms with Gasteiger partial charge in [-0.05, 0) is 38.0 Å². The van der Waals surface area contributed by atoms with Gasteiger partial charge in [-0.1, -0.05) is 25.5 Å². The molecule has 110 valence electrons. The van der Waals surface area contributed by atoms with Crippen LogP contribution in [0.1, 0.15) is 49.5 Å². The third-order valence-corrected chi connectivity index (χ3v) is 2.98. The van der Waals surface area contributed by atoms with Crippen molar-refractivity contribution in [2.24, 2.45) is 0 Å². The number of hydrogen-bond acceptors (Lipinski definition) is 2. The van der Waals surface area contributed by atoms with E-state index in [4.69, 9.17) is 5.11 Å². The monoisotopic (exact) mass is 278 g/mol. The van der Waals surface area contributed by atoms with Gasteiger partial charge in [0.15, 0.2) is 0 Å². The second-order valence-electron chi connectivity index (χ2n) is 5.44. The highest BCUT2D eigenvalue weighted by Gasteiger charge is 2.18. The smallest absolute Gasteiger partial charge is 0.335 e. The molecule has 0 aliphatic carbocycles. The van der Waals surface area contributed by atoms with Gasteiger partial charge in [-0.3, -0.25) is 0 Å². The van der Waals surface area contributed by atoms with Gasteiger partial charge >= 0.3 is 12.0 Å². The molecule has 3 N–H and O–H groups in total. The molecule has 20 heavy (non-hydrogen) atoms. The number of nitrogens with one attached hydrogen (secondary N) is 2. The van der Waals surface area contributed by atoms with E-state index in [0.717, 1.165) is 18.4 Å². The van der Waals surface area contributed by atoms with E-state index < -0.39 is 5.97 Å². The van der Waals surface area contributed by atoms with E-state index in [1.807, 2.05) is 13.8 Å². The summed E-state index contributed by atoms with van der Waals surface area (Å²) in [6.07, 6.45) is 1.91. The number of aromatic carboxylic acids is 1. The van der Waals surface area contributed by atoms with Gasteiger partial charge in [-0.15, -0.1) is 0 Å². The average Bonchev–Trinajstić information content (AvgIpc) is 2.36. The Labute approximate surface area is 119 Å². The van der Waals surface area contributed by atoms with Crippen molar-refractivity contribution in [3.05, 3.63) is 35.4 Å². The molecule has 5 nitrogen and oxygen atoms in total. The number of hydrogen-bond donors (Lipinski definition) is 3. The van der Waals surface area contributed by atoms with Crippen LogP contribution < -0.4 is 10.6 Å². The zero-order valence-electron chi connectivity index (χ0n) is 12.2. The van der Waals surface area contributed by atoms with Crippen molar-refractivity contribution in [3.8, 4) is 0 Å². The average molecular weight is 278 g/mol. The number of urea groups is 1. The van der Waals surface area contributed by atoms with Crippen molar-refractivity contribution in [1.82, 2.24) is 10.6 Å². The Kier molecular flexibility index (Phi) is 5.55. The van der Waals surface area contributed by atoms with Crippen LogP contribution in [0.2, 0.25) is 0 Å². The zero-order valence-corrected chi connectivity index (χ0v) is 12.2. The molecule has 0 heterocycles. The van der Waals surface area contributed by atoms with Crippen LogP contribution in [0.25, 0.3) is 0 Å². The van der Waals surface area contributed by atoms with Gasteiger partial charge < -0.3 is 15.7 Å². The summed E-state index contributed by atoms with van der Waals surface area (Å²) in [7, 11) is 0. The van der Waals surface area contributed by atoms with Crippen LogP contribution in [-0.4, -0.2) is 22.6 Å². The number of carbonyl (C=O) groups excluding carboxylic acids is 1. The van der Waals surface area contributed by atoms with Crippen molar-refractivity contribution in [3.63, 3.8) is 0 Å². The molecule has 0 aromatic heterocycles. The quantitative estimate of drug-likeness (QED) is 0.748. The Bertz CT molecular complexity index is 467. The molecule has 0 radical (unpaired) electrons. The summed E-state index contributed by atoms with van der Waals surface area (Å²) in [5.74, 6) is -0.955. The molecule has 0 fully saturated rings. The summed E-state index contributed by atoms with van der Waals surface area (Å²) in [6.45, 7) is 6.41. The molecule has 1 aromatic carbocycles. The minimum Gasteiger partial charge on any atom is -0.478 e. The van der Waals surface area contributed by atoms with Crippen molar-refractivity contribution >= 4 is 12.0 Å². The first kappa shape index (κ1) is 16.0. The van der Waals surface area contributed by atoms with Gasteiger partial charge in [-0.25, -0.2) is 9.59 Å². The topological polar surface area (TPSA) is 78.4 Å². The maximum atomic E-state index is 11.8. The van der Waals surface area contributed by atoms with E-state index in [2.05, 4.69) is 17.6 Å². The van der Waals surface area contributed by atoms with Crippen LogP contribution in [0.5, 0.6) is 0 Å². The third kappa shape index (κ3) is 5.30. The standard InChI is InChI=1S/C15H22N2O3/c1-4-9-15(2,3)17-14(20)16-10-11-5-7-12(8-6-11)13(18)19/h5-8H,4,9-10H2,1-3H3,(H,18,19)(H2,16,17,20). The van der Waals surface area contributed by atoms with Crippen molar-refractivity contribution in [2.75, 3.05) is 0 Å². The Morgan fingerprint density at radius 3 is 2.30 bits per heavy atom. The summed E-state index contributed by atoms with van der Waals surface area (Å²) in [5.41, 5.74) is 0.868. The summed E-state index contributed by atoms with van der Waals surface area (Å²) in [5, 5.41) is 14.5. The first-order valence-electron chi connectivity index (χ1n) is 6.72. The maximum absolute atomic E-state index is 11.8. The molecule has 0 atom stereocenters. The predicted molar refractivity (Wildman–Crippen MR) is 77.8 cm³/mol. The lowest BCUT2D eigenvalue weighted by atomic mass is 9.99. The highest BCUT2D eigenvalue weighted by Crippen LogP contribution is 2.10. The molecule has 0 saturated carbocycles. The summed E-state index contributed by atoms with van der Waals surface area (Å²) in [6, 6.07) is 6.23. The minimum absolute atomic E-state index is 0.217. The van der Waals surface area contributed by atoms with Crippen LogP contribution in [0, 0.1) is 0 Å². The second kappa shape index (κ2) is 6.93. The van der Waals surface area contributed by atoms with Crippen LogP contribution in [-0.2, 0) is 6.54 Å². The number of carboxylic acid groups (broad SMARTS) is 1. The van der Waals surface area contributed by atoms with Gasteiger partial charge in [-0.2, -0.15) is 0 Å². The predicted octanol–water partition coefficient (Wildman–Crippen LogP) is 2.76. The molecule has 0 aliphatic heterocycles. The first-order valence-corrected chi connectivity index (χ1v) is 6.72. The lowest BCUT2D eigenvalue weighted by molar-refractivity contribution is 0.0697. The highest BCUT2D eigenvalue weighted by molar-refractivity contribution is 5.87. The van der Waals surface area contributed by atoms with Gasteiger partial charge in [0.25, 0.3) is 0 Å².